The molecule has 0 fully saturated rings. The number of aryl methyl sites for hydroxylation is 1. The number of amides is 1. The molecule has 3 rings (SSSR count). The number of fused-ring (bicyclic) bond motifs is 1. The van der Waals surface area contributed by atoms with Crippen molar-refractivity contribution in [1.29, 1.82) is 0 Å². The number of nitrogens with one attached hydrogen (secondary N) is 1. The fourth-order valence-electron chi connectivity index (χ4n) is 2.49. The van der Waals surface area contributed by atoms with E-state index in [0.29, 0.717) is 11.6 Å². The maximum absolute atomic E-state index is 12.2. The van der Waals surface area contributed by atoms with Gasteiger partial charge in [-0.1, -0.05) is 60.7 Å². The van der Waals surface area contributed by atoms with E-state index in [4.69, 9.17) is 0 Å². The summed E-state index contributed by atoms with van der Waals surface area (Å²) in [6.07, 6.45) is 0.457. The topological polar surface area (TPSA) is 42.0 Å². The Morgan fingerprint density at radius 2 is 1.95 bits per heavy atom. The van der Waals surface area contributed by atoms with Crippen LogP contribution in [0, 0.1) is 6.92 Å². The van der Waals surface area contributed by atoms with Crippen LogP contribution in [-0.4, -0.2) is 10.9 Å². The first kappa shape index (κ1) is 14.7. The monoisotopic (exact) mass is 310 g/mol. The number of thiazole rings is 1. The molecule has 3 nitrogen and oxygen atoms in total. The van der Waals surface area contributed by atoms with Gasteiger partial charge in [0.05, 0.1) is 10.2 Å². The molecule has 1 amide bonds. The molecular formula is C18H18N2OS. The van der Waals surface area contributed by atoms with Crippen LogP contribution in [0.2, 0.25) is 0 Å². The van der Waals surface area contributed by atoms with Gasteiger partial charge in [0.2, 0.25) is 5.91 Å². The Hall–Kier alpha value is -2.20. The highest BCUT2D eigenvalue weighted by atomic mass is 32.1. The lowest BCUT2D eigenvalue weighted by Gasteiger charge is -2.10. The average Bonchev–Trinajstić information content (AvgIpc) is 2.92. The van der Waals surface area contributed by atoms with Crippen molar-refractivity contribution in [2.45, 2.75) is 26.2 Å². The molecule has 0 radical (unpaired) electrons. The highest BCUT2D eigenvalue weighted by molar-refractivity contribution is 7.22. The van der Waals surface area contributed by atoms with Crippen LogP contribution >= 0.6 is 11.3 Å². The van der Waals surface area contributed by atoms with Crippen LogP contribution in [0.5, 0.6) is 0 Å². The lowest BCUT2D eigenvalue weighted by Crippen LogP contribution is -2.14. The summed E-state index contributed by atoms with van der Waals surface area (Å²) in [5.74, 6) is 0.199. The van der Waals surface area contributed by atoms with E-state index in [1.807, 2.05) is 43.3 Å². The Morgan fingerprint density at radius 1 is 1.18 bits per heavy atom. The normalized spacial score (nSPS) is 12.3. The number of carbonyl (C=O) groups is 1. The number of aromatic nitrogens is 1. The number of benzene rings is 2. The molecule has 0 saturated heterocycles. The van der Waals surface area contributed by atoms with E-state index in [0.717, 1.165) is 15.8 Å². The molecule has 1 atom stereocenters. The first-order chi connectivity index (χ1) is 10.6. The maximum Gasteiger partial charge on any atom is 0.226 e. The number of hydrogen-bond acceptors (Lipinski definition) is 3. The molecule has 0 aliphatic heterocycles. The van der Waals surface area contributed by atoms with E-state index in [-0.39, 0.29) is 11.8 Å². The summed E-state index contributed by atoms with van der Waals surface area (Å²) in [5.41, 5.74) is 3.28. The van der Waals surface area contributed by atoms with Crippen LogP contribution in [0.15, 0.2) is 48.5 Å². The molecule has 1 N–H and O–H groups in total. The van der Waals surface area contributed by atoms with Gasteiger partial charge >= 0.3 is 0 Å². The average molecular weight is 310 g/mol. The zero-order chi connectivity index (χ0) is 15.5. The Bertz CT molecular complexity index is 795. The molecule has 0 saturated carbocycles. The maximum atomic E-state index is 12.2. The molecule has 0 aliphatic carbocycles. The summed E-state index contributed by atoms with van der Waals surface area (Å²) in [6, 6.07) is 16.2. The highest BCUT2D eigenvalue weighted by Gasteiger charge is 2.13. The Kier molecular flexibility index (Phi) is 4.20. The second-order valence-electron chi connectivity index (χ2n) is 5.50. The number of hydrogen-bond donors (Lipinski definition) is 1. The van der Waals surface area contributed by atoms with Gasteiger partial charge in [0.25, 0.3) is 0 Å². The number of para-hydroxylation sites is 1. The molecule has 0 unspecified atom stereocenters. The molecule has 0 bridgehead atoms. The molecule has 112 valence electrons. The lowest BCUT2D eigenvalue weighted by molar-refractivity contribution is -0.116. The number of carbonyl (C=O) groups excluding carboxylic acids is 1. The van der Waals surface area contributed by atoms with Gasteiger partial charge in [-0.15, -0.1) is 0 Å². The van der Waals surface area contributed by atoms with Crippen LogP contribution in [0.4, 0.5) is 5.13 Å². The van der Waals surface area contributed by atoms with E-state index < -0.39 is 0 Å². The molecule has 22 heavy (non-hydrogen) atoms. The summed E-state index contributed by atoms with van der Waals surface area (Å²) in [4.78, 5) is 16.7. The van der Waals surface area contributed by atoms with E-state index in [1.165, 1.54) is 16.9 Å². The molecule has 2 aromatic carbocycles. The zero-order valence-corrected chi connectivity index (χ0v) is 13.5. The van der Waals surface area contributed by atoms with Crippen molar-refractivity contribution in [3.8, 4) is 0 Å². The van der Waals surface area contributed by atoms with Gasteiger partial charge in [0, 0.05) is 6.42 Å². The first-order valence-electron chi connectivity index (χ1n) is 7.34. The van der Waals surface area contributed by atoms with Crippen molar-refractivity contribution in [2.75, 3.05) is 5.32 Å². The van der Waals surface area contributed by atoms with E-state index >= 15 is 0 Å². The first-order valence-corrected chi connectivity index (χ1v) is 8.16. The van der Waals surface area contributed by atoms with Crippen molar-refractivity contribution < 1.29 is 4.79 Å². The Morgan fingerprint density at radius 3 is 2.68 bits per heavy atom. The van der Waals surface area contributed by atoms with E-state index in [1.54, 1.807) is 0 Å². The molecule has 3 aromatic rings. The third-order valence-corrected chi connectivity index (χ3v) is 4.66. The Labute approximate surface area is 134 Å². The predicted molar refractivity (Wildman–Crippen MR) is 92.5 cm³/mol. The van der Waals surface area contributed by atoms with Gasteiger partial charge in [-0.25, -0.2) is 4.98 Å². The third-order valence-electron chi connectivity index (χ3n) is 3.73. The minimum atomic E-state index is 0.00747. The second-order valence-corrected chi connectivity index (χ2v) is 6.54. The summed E-state index contributed by atoms with van der Waals surface area (Å²) >= 11 is 1.52. The fraction of sp³-hybridized carbons (Fsp3) is 0.222. The van der Waals surface area contributed by atoms with Crippen molar-refractivity contribution in [1.82, 2.24) is 4.98 Å². The SMILES string of the molecule is Cc1cccc2sc(NC(=O)C[C@@H](C)c3ccccc3)nc12. The summed E-state index contributed by atoms with van der Waals surface area (Å²) < 4.78 is 1.10. The Balaban J connectivity index is 1.69. The van der Waals surface area contributed by atoms with Crippen LogP contribution in [0.25, 0.3) is 10.2 Å². The van der Waals surface area contributed by atoms with Crippen molar-refractivity contribution in [2.24, 2.45) is 0 Å². The molecule has 0 aliphatic rings. The number of nitrogens with zero attached hydrogens (tertiary/aromatic N) is 1. The smallest absolute Gasteiger partial charge is 0.226 e. The standard InChI is InChI=1S/C18H18N2OS/c1-12-7-6-10-15-17(12)20-18(22-15)19-16(21)11-13(2)14-8-4-3-5-9-14/h3-10,13H,11H2,1-2H3,(H,19,20,21)/t13-/m1/s1. The summed E-state index contributed by atoms with van der Waals surface area (Å²) in [7, 11) is 0. The van der Waals surface area contributed by atoms with E-state index in [2.05, 4.69) is 29.4 Å². The molecule has 1 aromatic heterocycles. The quantitative estimate of drug-likeness (QED) is 0.756. The second kappa shape index (κ2) is 6.28. The van der Waals surface area contributed by atoms with E-state index in [9.17, 15) is 4.79 Å². The molecule has 4 heteroatoms. The van der Waals surface area contributed by atoms with Gasteiger partial charge in [-0.2, -0.15) is 0 Å². The van der Waals surface area contributed by atoms with Crippen molar-refractivity contribution >= 4 is 32.6 Å². The summed E-state index contributed by atoms with van der Waals surface area (Å²) in [6.45, 7) is 4.10. The largest absolute Gasteiger partial charge is 0.302 e. The fourth-order valence-corrected chi connectivity index (χ4v) is 3.45. The van der Waals surface area contributed by atoms with Crippen molar-refractivity contribution in [3.63, 3.8) is 0 Å². The molecule has 0 spiro atoms. The van der Waals surface area contributed by atoms with Crippen molar-refractivity contribution in [3.05, 3.63) is 59.7 Å². The zero-order valence-electron chi connectivity index (χ0n) is 12.7. The van der Waals surface area contributed by atoms with Crippen LogP contribution in [-0.2, 0) is 4.79 Å². The lowest BCUT2D eigenvalue weighted by atomic mass is 9.98. The van der Waals surface area contributed by atoms with Gasteiger partial charge in [0.15, 0.2) is 5.13 Å². The number of anilines is 1. The minimum absolute atomic E-state index is 0.00747. The third kappa shape index (κ3) is 3.17. The van der Waals surface area contributed by atoms with Gasteiger partial charge in [-0.05, 0) is 30.0 Å². The van der Waals surface area contributed by atoms with Gasteiger partial charge in [-0.3, -0.25) is 4.79 Å². The minimum Gasteiger partial charge on any atom is -0.302 e. The predicted octanol–water partition coefficient (Wildman–Crippen LogP) is 4.74. The van der Waals surface area contributed by atoms with Crippen LogP contribution < -0.4 is 5.32 Å². The van der Waals surface area contributed by atoms with Crippen LogP contribution in [0.3, 0.4) is 0 Å². The van der Waals surface area contributed by atoms with Gasteiger partial charge in [0.1, 0.15) is 0 Å². The van der Waals surface area contributed by atoms with Gasteiger partial charge < -0.3 is 5.32 Å². The number of rotatable bonds is 4. The highest BCUT2D eigenvalue weighted by Crippen LogP contribution is 2.28. The molecule has 1 heterocycles. The molecular weight excluding hydrogens is 292 g/mol. The summed E-state index contributed by atoms with van der Waals surface area (Å²) in [5, 5.41) is 3.60. The van der Waals surface area contributed by atoms with Crippen LogP contribution in [0.1, 0.15) is 30.4 Å².